The number of nitrogens with zero attached hydrogens (tertiary/aromatic N) is 2. The van der Waals surface area contributed by atoms with Gasteiger partial charge in [0.25, 0.3) is 0 Å². The van der Waals surface area contributed by atoms with Crippen molar-refractivity contribution in [3.63, 3.8) is 0 Å². The molecule has 0 unspecified atom stereocenters. The van der Waals surface area contributed by atoms with E-state index in [2.05, 4.69) is 91.6 Å². The molecule has 132 valence electrons. The van der Waals surface area contributed by atoms with Crippen molar-refractivity contribution in [3.05, 3.63) is 102 Å². The standard InChI is InChI=1S/C22H23N2PSe/c26-25(17-12-20-8-2-1-3-9-20,18-13-21-10-4-6-15-23-21)19-14-22-11-5-7-16-24-22/h1-12,15-17H,13-14,18-19H2/b17-12-. The molecule has 4 heteroatoms. The molecule has 0 amide bonds. The molecule has 0 bridgehead atoms. The van der Waals surface area contributed by atoms with Gasteiger partial charge in [0.15, 0.2) is 0 Å². The van der Waals surface area contributed by atoms with Crippen LogP contribution in [-0.2, 0) is 12.8 Å². The average molecular weight is 425 g/mol. The van der Waals surface area contributed by atoms with Crippen molar-refractivity contribution in [3.8, 4) is 0 Å². The first-order valence-corrected chi connectivity index (χ1v) is 13.3. The van der Waals surface area contributed by atoms with E-state index < -0.39 is 5.51 Å². The van der Waals surface area contributed by atoms with E-state index in [4.69, 9.17) is 0 Å². The van der Waals surface area contributed by atoms with Crippen LogP contribution < -0.4 is 0 Å². The minimum absolute atomic E-state index is 1.00. The van der Waals surface area contributed by atoms with Crippen LogP contribution in [0.4, 0.5) is 0 Å². The first kappa shape index (κ1) is 19.0. The maximum atomic E-state index is 4.49. The molecule has 0 aliphatic carbocycles. The molecule has 3 aromatic rings. The van der Waals surface area contributed by atoms with E-state index in [9.17, 15) is 0 Å². The van der Waals surface area contributed by atoms with Crippen LogP contribution in [0.3, 0.4) is 0 Å². The Labute approximate surface area is 163 Å². The molecule has 0 radical (unpaired) electrons. The van der Waals surface area contributed by atoms with Gasteiger partial charge in [0.1, 0.15) is 0 Å². The summed E-state index contributed by atoms with van der Waals surface area (Å²) in [5.74, 6) is 2.42. The van der Waals surface area contributed by atoms with Gasteiger partial charge in [-0.05, 0) is 0 Å². The Balaban J connectivity index is 1.73. The van der Waals surface area contributed by atoms with Crippen molar-refractivity contribution in [2.24, 2.45) is 0 Å². The summed E-state index contributed by atoms with van der Waals surface area (Å²) in [6.45, 7) is 0. The summed E-state index contributed by atoms with van der Waals surface area (Å²) in [5, 5.41) is 0. The molecule has 0 N–H and O–H groups in total. The second kappa shape index (κ2) is 9.78. The van der Waals surface area contributed by atoms with E-state index in [-0.39, 0.29) is 0 Å². The van der Waals surface area contributed by atoms with Crippen molar-refractivity contribution < 1.29 is 0 Å². The molecule has 26 heavy (non-hydrogen) atoms. The number of hydrogen-bond acceptors (Lipinski definition) is 2. The Bertz CT molecular complexity index is 817. The fourth-order valence-electron chi connectivity index (χ4n) is 2.75. The van der Waals surface area contributed by atoms with E-state index in [1.54, 1.807) is 0 Å². The van der Waals surface area contributed by atoms with E-state index in [1.165, 1.54) is 5.56 Å². The van der Waals surface area contributed by atoms with Crippen LogP contribution in [0.25, 0.3) is 6.08 Å². The third-order valence-electron chi connectivity index (χ3n) is 4.28. The SMILES string of the molecule is [Se]=P(/C=C\c1ccccc1)(CCc1ccccn1)CCc1ccccn1. The summed E-state index contributed by atoms with van der Waals surface area (Å²) >= 11 is 3.57. The molecule has 3 rings (SSSR count). The molecule has 0 aliphatic heterocycles. The van der Waals surface area contributed by atoms with Gasteiger partial charge >= 0.3 is 164 Å². The van der Waals surface area contributed by atoms with Crippen molar-refractivity contribution >= 4 is 26.7 Å². The molecule has 2 aromatic heterocycles. The van der Waals surface area contributed by atoms with Crippen LogP contribution in [0.2, 0.25) is 0 Å². The third-order valence-corrected chi connectivity index (χ3v) is 10.0. The summed E-state index contributed by atoms with van der Waals surface area (Å²) in [4.78, 5) is 8.97. The Hall–Kier alpha value is -1.79. The Kier molecular flexibility index (Phi) is 7.14. The van der Waals surface area contributed by atoms with Crippen LogP contribution in [0.15, 0.2) is 84.9 Å². The predicted molar refractivity (Wildman–Crippen MR) is 114 cm³/mol. The Morgan fingerprint density at radius 3 is 1.77 bits per heavy atom. The molecular weight excluding hydrogens is 402 g/mol. The first-order valence-electron chi connectivity index (χ1n) is 8.85. The minimum atomic E-state index is -1.35. The molecule has 0 spiro atoms. The van der Waals surface area contributed by atoms with Gasteiger partial charge in [-0.1, -0.05) is 0 Å². The topological polar surface area (TPSA) is 25.8 Å². The van der Waals surface area contributed by atoms with Gasteiger partial charge in [-0.15, -0.1) is 0 Å². The summed E-state index contributed by atoms with van der Waals surface area (Å²) in [5.41, 5.74) is 2.23. The Morgan fingerprint density at radius 2 is 1.27 bits per heavy atom. The van der Waals surface area contributed by atoms with Crippen LogP contribution >= 0.6 is 5.51 Å². The van der Waals surface area contributed by atoms with Gasteiger partial charge in [0, 0.05) is 0 Å². The van der Waals surface area contributed by atoms with Crippen molar-refractivity contribution in [1.82, 2.24) is 9.97 Å². The van der Waals surface area contributed by atoms with Gasteiger partial charge in [-0.25, -0.2) is 0 Å². The van der Waals surface area contributed by atoms with Crippen LogP contribution in [0, 0.1) is 0 Å². The van der Waals surface area contributed by atoms with Gasteiger partial charge in [-0.3, -0.25) is 0 Å². The number of hydrogen-bond donors (Lipinski definition) is 0. The number of aryl methyl sites for hydroxylation is 2. The maximum absolute atomic E-state index is 4.49. The molecule has 0 fully saturated rings. The quantitative estimate of drug-likeness (QED) is 0.374. The summed E-state index contributed by atoms with van der Waals surface area (Å²) in [6, 6.07) is 22.8. The van der Waals surface area contributed by atoms with E-state index in [1.807, 2.05) is 24.5 Å². The van der Waals surface area contributed by atoms with Crippen molar-refractivity contribution in [2.75, 3.05) is 12.3 Å². The number of aromatic nitrogens is 2. The fraction of sp³-hybridized carbons (Fsp3) is 0.182. The van der Waals surface area contributed by atoms with Gasteiger partial charge < -0.3 is 0 Å². The number of benzene rings is 1. The normalized spacial score (nSPS) is 11.7. The molecule has 0 atom stereocenters. The fourth-order valence-corrected chi connectivity index (χ4v) is 6.46. The zero-order chi connectivity index (χ0) is 18.1. The molecule has 2 heterocycles. The monoisotopic (exact) mass is 426 g/mol. The number of pyridine rings is 2. The first-order chi connectivity index (χ1) is 12.7. The zero-order valence-electron chi connectivity index (χ0n) is 14.7. The molecule has 1 aromatic carbocycles. The molecule has 0 saturated heterocycles. The molecule has 0 saturated carbocycles. The third kappa shape index (κ3) is 6.18. The second-order valence-electron chi connectivity index (χ2n) is 6.27. The van der Waals surface area contributed by atoms with E-state index in [0.29, 0.717) is 0 Å². The van der Waals surface area contributed by atoms with Crippen LogP contribution in [0.5, 0.6) is 0 Å². The van der Waals surface area contributed by atoms with Gasteiger partial charge in [-0.2, -0.15) is 0 Å². The zero-order valence-corrected chi connectivity index (χ0v) is 17.3. The summed E-state index contributed by atoms with van der Waals surface area (Å²) in [7, 11) is 0. The average Bonchev–Trinajstić information content (AvgIpc) is 2.72. The summed E-state index contributed by atoms with van der Waals surface area (Å²) in [6.07, 6.45) is 10.3. The van der Waals surface area contributed by atoms with Crippen LogP contribution in [0.1, 0.15) is 17.0 Å². The number of rotatable bonds is 8. The summed E-state index contributed by atoms with van der Waals surface area (Å²) < 4.78 is 0. The Morgan fingerprint density at radius 1 is 0.731 bits per heavy atom. The van der Waals surface area contributed by atoms with Gasteiger partial charge in [0.2, 0.25) is 0 Å². The van der Waals surface area contributed by atoms with Crippen molar-refractivity contribution in [1.29, 1.82) is 0 Å². The van der Waals surface area contributed by atoms with E-state index in [0.717, 1.165) is 36.6 Å². The molecule has 0 aliphatic rings. The van der Waals surface area contributed by atoms with E-state index >= 15 is 0 Å². The van der Waals surface area contributed by atoms with Gasteiger partial charge in [0.05, 0.1) is 0 Å². The van der Waals surface area contributed by atoms with Crippen molar-refractivity contribution in [2.45, 2.75) is 12.8 Å². The molecular formula is C22H23N2PSe. The second-order valence-corrected chi connectivity index (χ2v) is 13.9. The molecule has 2 nitrogen and oxygen atoms in total. The predicted octanol–water partition coefficient (Wildman–Crippen LogP) is 5.03. The van der Waals surface area contributed by atoms with Crippen LogP contribution in [-0.4, -0.2) is 37.4 Å².